The molecule has 1 aromatic carbocycles. The molecule has 0 saturated heterocycles. The lowest BCUT2D eigenvalue weighted by Crippen LogP contribution is -2.38. The fourth-order valence-corrected chi connectivity index (χ4v) is 1.86. The van der Waals surface area contributed by atoms with Crippen LogP contribution in [0.3, 0.4) is 0 Å². The maximum absolute atomic E-state index is 11.6. The van der Waals surface area contributed by atoms with Crippen molar-refractivity contribution in [2.75, 3.05) is 7.05 Å². The molecule has 0 saturated carbocycles. The number of hydrogen-bond donors (Lipinski definition) is 1. The maximum atomic E-state index is 11.6. The maximum Gasteiger partial charge on any atom is 0.255 e. The van der Waals surface area contributed by atoms with E-state index >= 15 is 0 Å². The van der Waals surface area contributed by atoms with Crippen LogP contribution in [-0.2, 0) is 4.79 Å². The summed E-state index contributed by atoms with van der Waals surface area (Å²) in [6.45, 7) is 0. The van der Waals surface area contributed by atoms with Crippen molar-refractivity contribution in [1.82, 2.24) is 4.90 Å². The molecule has 1 N–H and O–H groups in total. The van der Waals surface area contributed by atoms with E-state index in [1.165, 1.54) is 4.90 Å². The Bertz CT molecular complexity index is 439. The van der Waals surface area contributed by atoms with Crippen LogP contribution in [0.4, 0.5) is 0 Å². The van der Waals surface area contributed by atoms with Crippen molar-refractivity contribution in [1.29, 1.82) is 0 Å². The average molecular weight is 238 g/mol. The fourth-order valence-electron chi connectivity index (χ4n) is 1.74. The Kier molecular flexibility index (Phi) is 2.99. The highest BCUT2D eigenvalue weighted by Crippen LogP contribution is 2.25. The predicted octanol–water partition coefficient (Wildman–Crippen LogP) is 1.90. The number of nitrogens with zero attached hydrogens (tertiary/aromatic N) is 1. The molecule has 3 nitrogen and oxygen atoms in total. The molecular weight excluding hydrogens is 226 g/mol. The van der Waals surface area contributed by atoms with Gasteiger partial charge >= 0.3 is 0 Å². The number of carbonyl (C=O) groups is 1. The third kappa shape index (κ3) is 1.96. The highest BCUT2D eigenvalue weighted by molar-refractivity contribution is 6.30. The van der Waals surface area contributed by atoms with E-state index in [0.717, 1.165) is 11.3 Å². The van der Waals surface area contributed by atoms with Crippen LogP contribution in [0.15, 0.2) is 30.3 Å². The van der Waals surface area contributed by atoms with Crippen LogP contribution < -0.4 is 0 Å². The summed E-state index contributed by atoms with van der Waals surface area (Å²) in [6.07, 6.45) is 1.30. The van der Waals surface area contributed by atoms with E-state index < -0.39 is 6.10 Å². The van der Waals surface area contributed by atoms with Crippen molar-refractivity contribution in [2.24, 2.45) is 0 Å². The molecule has 84 valence electrons. The molecule has 0 fully saturated rings. The first kappa shape index (κ1) is 11.2. The first-order valence-electron chi connectivity index (χ1n) is 5.01. The Labute approximate surface area is 98.9 Å². The van der Waals surface area contributed by atoms with E-state index in [4.69, 9.17) is 11.6 Å². The minimum atomic E-state index is -0.916. The molecule has 0 bridgehead atoms. The SMILES string of the molecule is CN1C(=O)C(O)CC=C1c1ccc(Cl)cc1. The Balaban J connectivity index is 2.34. The number of carbonyl (C=O) groups excluding carboxylic acids is 1. The average Bonchev–Trinajstić information content (AvgIpc) is 2.28. The lowest BCUT2D eigenvalue weighted by atomic mass is 10.0. The second-order valence-electron chi connectivity index (χ2n) is 3.75. The van der Waals surface area contributed by atoms with Crippen molar-refractivity contribution in [3.63, 3.8) is 0 Å². The smallest absolute Gasteiger partial charge is 0.255 e. The van der Waals surface area contributed by atoms with Crippen molar-refractivity contribution >= 4 is 23.2 Å². The molecule has 0 aromatic heterocycles. The van der Waals surface area contributed by atoms with Crippen LogP contribution in [0.2, 0.25) is 5.02 Å². The molecule has 1 atom stereocenters. The van der Waals surface area contributed by atoms with E-state index in [0.29, 0.717) is 11.4 Å². The van der Waals surface area contributed by atoms with Gasteiger partial charge in [0.25, 0.3) is 5.91 Å². The number of benzene rings is 1. The van der Waals surface area contributed by atoms with Crippen molar-refractivity contribution < 1.29 is 9.90 Å². The second-order valence-corrected chi connectivity index (χ2v) is 4.18. The van der Waals surface area contributed by atoms with Crippen LogP contribution in [-0.4, -0.2) is 29.1 Å². The summed E-state index contributed by atoms with van der Waals surface area (Å²) in [5.41, 5.74) is 1.74. The Morgan fingerprint density at radius 3 is 2.62 bits per heavy atom. The van der Waals surface area contributed by atoms with Crippen LogP contribution in [0.1, 0.15) is 12.0 Å². The van der Waals surface area contributed by atoms with E-state index in [2.05, 4.69) is 0 Å². The summed E-state index contributed by atoms with van der Waals surface area (Å²) in [4.78, 5) is 13.1. The molecule has 1 unspecified atom stereocenters. The first-order valence-corrected chi connectivity index (χ1v) is 5.39. The van der Waals surface area contributed by atoms with Gasteiger partial charge in [0, 0.05) is 24.2 Å². The fraction of sp³-hybridized carbons (Fsp3) is 0.250. The minimum absolute atomic E-state index is 0.271. The summed E-state index contributed by atoms with van der Waals surface area (Å²) in [5, 5.41) is 10.1. The molecule has 4 heteroatoms. The summed E-state index contributed by atoms with van der Waals surface area (Å²) in [5.74, 6) is -0.271. The zero-order chi connectivity index (χ0) is 11.7. The zero-order valence-electron chi connectivity index (χ0n) is 8.85. The lowest BCUT2D eigenvalue weighted by Gasteiger charge is -2.27. The van der Waals surface area contributed by atoms with Gasteiger partial charge in [-0.25, -0.2) is 0 Å². The molecule has 0 spiro atoms. The van der Waals surface area contributed by atoms with E-state index in [1.807, 2.05) is 18.2 Å². The Hall–Kier alpha value is -1.32. The number of hydrogen-bond acceptors (Lipinski definition) is 2. The number of amides is 1. The van der Waals surface area contributed by atoms with Gasteiger partial charge in [-0.3, -0.25) is 4.79 Å². The Morgan fingerprint density at radius 2 is 2.00 bits per heavy atom. The number of aliphatic hydroxyl groups excluding tert-OH is 1. The second kappa shape index (κ2) is 4.28. The molecule has 1 aliphatic rings. The highest BCUT2D eigenvalue weighted by atomic mass is 35.5. The number of likely N-dealkylation sites (N-methyl/N-ethyl adjacent to an activating group) is 1. The van der Waals surface area contributed by atoms with Gasteiger partial charge in [0.1, 0.15) is 6.10 Å². The summed E-state index contributed by atoms with van der Waals surface area (Å²) in [7, 11) is 1.66. The van der Waals surface area contributed by atoms with Gasteiger partial charge < -0.3 is 10.0 Å². The van der Waals surface area contributed by atoms with Gasteiger partial charge in [-0.15, -0.1) is 0 Å². The molecule has 1 amide bonds. The lowest BCUT2D eigenvalue weighted by molar-refractivity contribution is -0.136. The molecule has 16 heavy (non-hydrogen) atoms. The van der Waals surface area contributed by atoms with Crippen LogP contribution in [0.5, 0.6) is 0 Å². The molecule has 0 aliphatic carbocycles. The van der Waals surface area contributed by atoms with Gasteiger partial charge in [0.15, 0.2) is 0 Å². The van der Waals surface area contributed by atoms with Crippen molar-refractivity contribution in [3.05, 3.63) is 40.9 Å². The number of rotatable bonds is 1. The third-order valence-electron chi connectivity index (χ3n) is 2.65. The standard InChI is InChI=1S/C12H12ClNO2/c1-14-10(6-7-11(15)12(14)16)8-2-4-9(13)5-3-8/h2-6,11,15H,7H2,1H3. The third-order valence-corrected chi connectivity index (χ3v) is 2.90. The molecule has 1 aliphatic heterocycles. The zero-order valence-corrected chi connectivity index (χ0v) is 9.61. The topological polar surface area (TPSA) is 40.5 Å². The Morgan fingerprint density at radius 1 is 1.38 bits per heavy atom. The quantitative estimate of drug-likeness (QED) is 0.811. The summed E-state index contributed by atoms with van der Waals surface area (Å²) >= 11 is 5.80. The van der Waals surface area contributed by atoms with Crippen molar-refractivity contribution in [3.8, 4) is 0 Å². The van der Waals surface area contributed by atoms with Crippen molar-refractivity contribution in [2.45, 2.75) is 12.5 Å². The van der Waals surface area contributed by atoms with Gasteiger partial charge in [0.2, 0.25) is 0 Å². The van der Waals surface area contributed by atoms with E-state index in [1.54, 1.807) is 19.2 Å². The number of aliphatic hydroxyl groups is 1. The van der Waals surface area contributed by atoms with Gasteiger partial charge in [-0.2, -0.15) is 0 Å². The molecule has 2 rings (SSSR count). The molecule has 1 heterocycles. The molecular formula is C12H12ClNO2. The van der Waals surface area contributed by atoms with E-state index in [-0.39, 0.29) is 5.91 Å². The van der Waals surface area contributed by atoms with Gasteiger partial charge in [-0.05, 0) is 17.7 Å². The molecule has 0 radical (unpaired) electrons. The number of halogens is 1. The first-order chi connectivity index (χ1) is 7.59. The van der Waals surface area contributed by atoms with E-state index in [9.17, 15) is 9.90 Å². The highest BCUT2D eigenvalue weighted by Gasteiger charge is 2.26. The van der Waals surface area contributed by atoms with Gasteiger partial charge in [0.05, 0.1) is 0 Å². The summed E-state index contributed by atoms with van der Waals surface area (Å²) < 4.78 is 0. The van der Waals surface area contributed by atoms with Crippen LogP contribution in [0.25, 0.3) is 5.70 Å². The van der Waals surface area contributed by atoms with Gasteiger partial charge in [-0.1, -0.05) is 29.8 Å². The monoisotopic (exact) mass is 237 g/mol. The van der Waals surface area contributed by atoms with Crippen LogP contribution in [0, 0.1) is 0 Å². The summed E-state index contributed by atoms with van der Waals surface area (Å²) in [6, 6.07) is 7.27. The molecule has 1 aromatic rings. The van der Waals surface area contributed by atoms with Crippen LogP contribution >= 0.6 is 11.6 Å². The largest absolute Gasteiger partial charge is 0.383 e. The minimum Gasteiger partial charge on any atom is -0.383 e. The predicted molar refractivity (Wildman–Crippen MR) is 62.8 cm³/mol. The normalized spacial score (nSPS) is 20.9.